The summed E-state index contributed by atoms with van der Waals surface area (Å²) in [6.07, 6.45) is 7.69. The minimum absolute atomic E-state index is 0.261. The van der Waals surface area contributed by atoms with Gasteiger partial charge in [-0.25, -0.2) is 0 Å². The Morgan fingerprint density at radius 1 is 1.37 bits per heavy atom. The van der Waals surface area contributed by atoms with Crippen LogP contribution in [0.3, 0.4) is 0 Å². The summed E-state index contributed by atoms with van der Waals surface area (Å²) in [5, 5.41) is 0.897. The Bertz CT molecular complexity index is 503. The van der Waals surface area contributed by atoms with Gasteiger partial charge in [0.25, 0.3) is 0 Å². The normalized spacial score (nSPS) is 21.1. The van der Waals surface area contributed by atoms with Gasteiger partial charge in [0.1, 0.15) is 0 Å². The Morgan fingerprint density at radius 2 is 2.11 bits per heavy atom. The van der Waals surface area contributed by atoms with Crippen molar-refractivity contribution in [3.63, 3.8) is 0 Å². The summed E-state index contributed by atoms with van der Waals surface area (Å²) in [4.78, 5) is 4.08. The Labute approximate surface area is 119 Å². The molecule has 2 N–H and O–H groups in total. The van der Waals surface area contributed by atoms with Gasteiger partial charge in [-0.15, -0.1) is 0 Å². The van der Waals surface area contributed by atoms with Crippen molar-refractivity contribution in [1.82, 2.24) is 0 Å². The molecule has 1 aliphatic carbocycles. The molecule has 0 saturated carbocycles. The lowest BCUT2D eigenvalue weighted by Gasteiger charge is -2.23. The number of thioether (sulfide) groups is 1. The standard InChI is InChI=1S/C16H20N2S/c1-12-7-6-10-14(11-12)15(19-16(17)18-2)13-8-4-3-5-9-13/h3-10,12,15H,11H2,1-2H3,(H2,17,18). The molecule has 2 nitrogen and oxygen atoms in total. The molecule has 0 heterocycles. The largest absolute Gasteiger partial charge is 0.379 e. The van der Waals surface area contributed by atoms with Crippen LogP contribution in [0.2, 0.25) is 0 Å². The highest BCUT2D eigenvalue weighted by Crippen LogP contribution is 2.39. The van der Waals surface area contributed by atoms with E-state index in [1.165, 1.54) is 11.1 Å². The zero-order valence-electron chi connectivity index (χ0n) is 11.4. The molecule has 0 saturated heterocycles. The molecule has 0 fully saturated rings. The Hall–Kier alpha value is -1.48. The number of rotatable bonds is 3. The molecule has 2 unspecified atom stereocenters. The molecule has 0 amide bonds. The smallest absolute Gasteiger partial charge is 0.154 e. The monoisotopic (exact) mass is 272 g/mol. The molecule has 1 aliphatic rings. The first-order valence-electron chi connectivity index (χ1n) is 6.52. The molecule has 0 bridgehead atoms. The van der Waals surface area contributed by atoms with Crippen molar-refractivity contribution in [1.29, 1.82) is 0 Å². The van der Waals surface area contributed by atoms with Gasteiger partial charge >= 0.3 is 0 Å². The highest BCUT2D eigenvalue weighted by molar-refractivity contribution is 8.14. The molecule has 2 atom stereocenters. The lowest BCUT2D eigenvalue weighted by molar-refractivity contribution is 0.691. The molecule has 19 heavy (non-hydrogen) atoms. The van der Waals surface area contributed by atoms with Crippen LogP contribution >= 0.6 is 11.8 Å². The summed E-state index contributed by atoms with van der Waals surface area (Å²) in [6, 6.07) is 10.5. The van der Waals surface area contributed by atoms with Gasteiger partial charge in [-0.1, -0.05) is 72.8 Å². The molecule has 0 radical (unpaired) electrons. The zero-order valence-corrected chi connectivity index (χ0v) is 12.2. The van der Waals surface area contributed by atoms with Crippen LogP contribution in [-0.4, -0.2) is 12.2 Å². The fourth-order valence-electron chi connectivity index (χ4n) is 2.23. The van der Waals surface area contributed by atoms with E-state index in [1.54, 1.807) is 18.8 Å². The fourth-order valence-corrected chi connectivity index (χ4v) is 3.20. The van der Waals surface area contributed by atoms with Gasteiger partial charge in [-0.3, -0.25) is 4.99 Å². The number of amidine groups is 1. The molecular formula is C16H20N2S. The van der Waals surface area contributed by atoms with Gasteiger partial charge in [0.2, 0.25) is 0 Å². The van der Waals surface area contributed by atoms with Crippen molar-refractivity contribution >= 4 is 16.9 Å². The van der Waals surface area contributed by atoms with Gasteiger partial charge in [0.05, 0.1) is 5.25 Å². The third-order valence-corrected chi connectivity index (χ3v) is 4.44. The SMILES string of the molecule is CN=C(N)SC(C1=CC=CC(C)C1)c1ccccc1. The van der Waals surface area contributed by atoms with Crippen LogP contribution in [0, 0.1) is 5.92 Å². The van der Waals surface area contributed by atoms with Gasteiger partial charge in [0.15, 0.2) is 5.17 Å². The molecule has 0 aliphatic heterocycles. The average Bonchev–Trinajstić information content (AvgIpc) is 2.45. The van der Waals surface area contributed by atoms with Crippen molar-refractivity contribution in [3.8, 4) is 0 Å². The van der Waals surface area contributed by atoms with Crippen LogP contribution in [0.1, 0.15) is 24.2 Å². The third-order valence-electron chi connectivity index (χ3n) is 3.21. The van der Waals surface area contributed by atoms with Crippen LogP contribution in [0.25, 0.3) is 0 Å². The maximum absolute atomic E-state index is 5.92. The minimum atomic E-state index is 0.261. The van der Waals surface area contributed by atoms with Crippen molar-refractivity contribution in [2.45, 2.75) is 18.6 Å². The predicted octanol–water partition coefficient (Wildman–Crippen LogP) is 3.93. The Morgan fingerprint density at radius 3 is 2.74 bits per heavy atom. The molecule has 0 spiro atoms. The van der Waals surface area contributed by atoms with E-state index in [2.05, 4.69) is 54.4 Å². The second-order valence-corrected chi connectivity index (χ2v) is 5.90. The van der Waals surface area contributed by atoms with Crippen LogP contribution in [0.15, 0.2) is 59.1 Å². The second-order valence-electron chi connectivity index (χ2n) is 4.78. The highest BCUT2D eigenvalue weighted by atomic mass is 32.2. The van der Waals surface area contributed by atoms with Crippen LogP contribution < -0.4 is 5.73 Å². The van der Waals surface area contributed by atoms with Crippen LogP contribution in [-0.2, 0) is 0 Å². The van der Waals surface area contributed by atoms with Crippen molar-refractivity contribution < 1.29 is 0 Å². The summed E-state index contributed by atoms with van der Waals surface area (Å²) in [5.41, 5.74) is 8.62. The summed E-state index contributed by atoms with van der Waals surface area (Å²) in [5.74, 6) is 0.589. The summed E-state index contributed by atoms with van der Waals surface area (Å²) in [6.45, 7) is 2.24. The van der Waals surface area contributed by atoms with Crippen molar-refractivity contribution in [3.05, 3.63) is 59.7 Å². The van der Waals surface area contributed by atoms with Gasteiger partial charge < -0.3 is 5.73 Å². The van der Waals surface area contributed by atoms with E-state index in [-0.39, 0.29) is 5.25 Å². The summed E-state index contributed by atoms with van der Waals surface area (Å²) >= 11 is 1.63. The molecule has 1 aromatic rings. The first-order valence-corrected chi connectivity index (χ1v) is 7.39. The Kier molecular flexibility index (Phi) is 4.86. The molecule has 100 valence electrons. The topological polar surface area (TPSA) is 38.4 Å². The van der Waals surface area contributed by atoms with E-state index in [1.807, 2.05) is 6.07 Å². The average molecular weight is 272 g/mol. The van der Waals surface area contributed by atoms with E-state index < -0.39 is 0 Å². The third kappa shape index (κ3) is 3.74. The maximum atomic E-state index is 5.92. The minimum Gasteiger partial charge on any atom is -0.379 e. The number of benzene rings is 1. The van der Waals surface area contributed by atoms with E-state index in [0.29, 0.717) is 11.1 Å². The van der Waals surface area contributed by atoms with E-state index in [9.17, 15) is 0 Å². The van der Waals surface area contributed by atoms with E-state index in [4.69, 9.17) is 5.73 Å². The van der Waals surface area contributed by atoms with Gasteiger partial charge in [0, 0.05) is 7.05 Å². The van der Waals surface area contributed by atoms with E-state index in [0.717, 1.165) is 6.42 Å². The van der Waals surface area contributed by atoms with Gasteiger partial charge in [-0.2, -0.15) is 0 Å². The quantitative estimate of drug-likeness (QED) is 0.669. The molecule has 2 rings (SSSR count). The highest BCUT2D eigenvalue weighted by Gasteiger charge is 2.21. The summed E-state index contributed by atoms with van der Waals surface area (Å²) < 4.78 is 0. The number of hydrogen-bond acceptors (Lipinski definition) is 2. The molecule has 1 aromatic carbocycles. The Balaban J connectivity index is 2.29. The van der Waals surface area contributed by atoms with E-state index >= 15 is 0 Å². The number of allylic oxidation sites excluding steroid dienone is 3. The first-order chi connectivity index (χ1) is 9.20. The predicted molar refractivity (Wildman–Crippen MR) is 85.3 cm³/mol. The van der Waals surface area contributed by atoms with Crippen molar-refractivity contribution in [2.24, 2.45) is 16.6 Å². The fraction of sp³-hybridized carbons (Fsp3) is 0.312. The molecular weight excluding hydrogens is 252 g/mol. The summed E-state index contributed by atoms with van der Waals surface area (Å²) in [7, 11) is 1.74. The molecule has 3 heteroatoms. The number of nitrogens with two attached hydrogens (primary N) is 1. The number of nitrogens with zero attached hydrogens (tertiary/aromatic N) is 1. The maximum Gasteiger partial charge on any atom is 0.154 e. The zero-order chi connectivity index (χ0) is 13.7. The first kappa shape index (κ1) is 13.9. The number of aliphatic imine (C=N–C) groups is 1. The second kappa shape index (κ2) is 6.62. The van der Waals surface area contributed by atoms with Crippen molar-refractivity contribution in [2.75, 3.05) is 7.05 Å². The van der Waals surface area contributed by atoms with Crippen LogP contribution in [0.5, 0.6) is 0 Å². The van der Waals surface area contributed by atoms with Gasteiger partial charge in [-0.05, 0) is 17.9 Å². The lowest BCUT2D eigenvalue weighted by atomic mass is 9.91. The lowest BCUT2D eigenvalue weighted by Crippen LogP contribution is -2.12. The molecule has 0 aromatic heterocycles. The van der Waals surface area contributed by atoms with Crippen LogP contribution in [0.4, 0.5) is 0 Å². The number of hydrogen-bond donors (Lipinski definition) is 1.